The Morgan fingerprint density at radius 3 is 2.41 bits per heavy atom. The molecule has 1 aromatic heterocycles. The maximum Gasteiger partial charge on any atom is 0.228 e. The molecule has 6 heteroatoms. The summed E-state index contributed by atoms with van der Waals surface area (Å²) < 4.78 is 13.8. The summed E-state index contributed by atoms with van der Waals surface area (Å²) in [5.74, 6) is 2.25. The number of methoxy groups -OCH3 is 1. The Morgan fingerprint density at radius 1 is 1.12 bits per heavy atom. The Kier molecular flexibility index (Phi) is 6.49. The van der Waals surface area contributed by atoms with Gasteiger partial charge in [0, 0.05) is 12.0 Å². The van der Waals surface area contributed by atoms with Gasteiger partial charge < -0.3 is 14.4 Å². The summed E-state index contributed by atoms with van der Waals surface area (Å²) >= 11 is 0. The summed E-state index contributed by atoms with van der Waals surface area (Å²) in [5.41, 5.74) is 2.65. The smallest absolute Gasteiger partial charge is 0.228 e. The van der Waals surface area contributed by atoms with Crippen LogP contribution in [0.4, 0.5) is 0 Å². The molecule has 0 spiro atoms. The zero-order chi connectivity index (χ0) is 22.7. The predicted octanol–water partition coefficient (Wildman–Crippen LogP) is 5.52. The molecule has 1 aliphatic rings. The van der Waals surface area contributed by atoms with E-state index in [-0.39, 0.29) is 17.9 Å². The predicted molar refractivity (Wildman–Crippen MR) is 124 cm³/mol. The van der Waals surface area contributed by atoms with E-state index in [1.807, 2.05) is 71.1 Å². The van der Waals surface area contributed by atoms with Crippen LogP contribution >= 0.6 is 0 Å². The van der Waals surface area contributed by atoms with Gasteiger partial charge in [-0.05, 0) is 57.4 Å². The van der Waals surface area contributed by atoms with Crippen LogP contribution in [0.3, 0.4) is 0 Å². The average Bonchev–Trinajstić information content (AvgIpc) is 3.63. The summed E-state index contributed by atoms with van der Waals surface area (Å²) in [6.07, 6.45) is 2.87. The lowest BCUT2D eigenvalue weighted by atomic mass is 10.1. The first-order valence-corrected chi connectivity index (χ1v) is 11.3. The van der Waals surface area contributed by atoms with Crippen molar-refractivity contribution in [3.8, 4) is 23.1 Å². The van der Waals surface area contributed by atoms with Gasteiger partial charge >= 0.3 is 0 Å². The summed E-state index contributed by atoms with van der Waals surface area (Å²) in [6.45, 7) is 6.66. The van der Waals surface area contributed by atoms with Gasteiger partial charge in [-0.2, -0.15) is 5.10 Å². The van der Waals surface area contributed by atoms with E-state index in [0.717, 1.165) is 36.2 Å². The number of ether oxygens (including phenoxy) is 2. The minimum Gasteiger partial charge on any atom is -0.493 e. The van der Waals surface area contributed by atoms with Crippen LogP contribution in [0, 0.1) is 12.8 Å². The zero-order valence-corrected chi connectivity index (χ0v) is 19.2. The molecule has 1 heterocycles. The van der Waals surface area contributed by atoms with Crippen molar-refractivity contribution in [1.29, 1.82) is 0 Å². The summed E-state index contributed by atoms with van der Waals surface area (Å²) in [6, 6.07) is 17.6. The molecular formula is C26H31N3O3. The molecule has 1 fully saturated rings. The second kappa shape index (κ2) is 9.47. The Balaban J connectivity index is 1.79. The van der Waals surface area contributed by atoms with Gasteiger partial charge in [-0.15, -0.1) is 0 Å². The molecule has 2 aromatic carbocycles. The molecule has 0 saturated heterocycles. The molecule has 0 N–H and O–H groups in total. The van der Waals surface area contributed by atoms with Crippen molar-refractivity contribution in [2.75, 3.05) is 7.11 Å². The summed E-state index contributed by atoms with van der Waals surface area (Å²) in [4.78, 5) is 15.1. The summed E-state index contributed by atoms with van der Waals surface area (Å²) in [5, 5.41) is 4.80. The van der Waals surface area contributed by atoms with Crippen molar-refractivity contribution in [2.45, 2.75) is 52.6 Å². The largest absolute Gasteiger partial charge is 0.493 e. The lowest BCUT2D eigenvalue weighted by molar-refractivity contribution is -0.135. The lowest BCUT2D eigenvalue weighted by Gasteiger charge is -2.29. The number of hydrogen-bond donors (Lipinski definition) is 0. The maximum absolute atomic E-state index is 13.1. The number of carbonyl (C=O) groups is 1. The van der Waals surface area contributed by atoms with Gasteiger partial charge in [-0.25, -0.2) is 4.68 Å². The van der Waals surface area contributed by atoms with Crippen molar-refractivity contribution in [3.05, 3.63) is 65.9 Å². The van der Waals surface area contributed by atoms with Crippen LogP contribution in [0.5, 0.6) is 17.4 Å². The van der Waals surface area contributed by atoms with E-state index in [1.165, 1.54) is 0 Å². The van der Waals surface area contributed by atoms with Gasteiger partial charge in [-0.3, -0.25) is 4.79 Å². The van der Waals surface area contributed by atoms with Gasteiger partial charge in [0.15, 0.2) is 11.5 Å². The van der Waals surface area contributed by atoms with Crippen LogP contribution in [0.2, 0.25) is 0 Å². The van der Waals surface area contributed by atoms with E-state index >= 15 is 0 Å². The lowest BCUT2D eigenvalue weighted by Crippen LogP contribution is -2.38. The third kappa shape index (κ3) is 4.49. The van der Waals surface area contributed by atoms with Gasteiger partial charge in [0.1, 0.15) is 0 Å². The van der Waals surface area contributed by atoms with Gasteiger partial charge in [-0.1, -0.05) is 37.3 Å². The van der Waals surface area contributed by atoms with Gasteiger partial charge in [0.25, 0.3) is 0 Å². The van der Waals surface area contributed by atoms with Crippen LogP contribution in [0.15, 0.2) is 54.6 Å². The molecule has 168 valence electrons. The van der Waals surface area contributed by atoms with Crippen molar-refractivity contribution in [1.82, 2.24) is 14.7 Å². The van der Waals surface area contributed by atoms with Crippen LogP contribution in [0.25, 0.3) is 5.69 Å². The molecule has 4 rings (SSSR count). The number of rotatable bonds is 9. The number of nitrogens with zero attached hydrogens (tertiary/aromatic N) is 3. The monoisotopic (exact) mass is 433 g/mol. The van der Waals surface area contributed by atoms with E-state index in [4.69, 9.17) is 14.6 Å². The molecule has 6 nitrogen and oxygen atoms in total. The molecule has 0 aliphatic heterocycles. The fourth-order valence-electron chi connectivity index (χ4n) is 3.78. The highest BCUT2D eigenvalue weighted by atomic mass is 16.5. The molecule has 0 bridgehead atoms. The number of para-hydroxylation sites is 3. The van der Waals surface area contributed by atoms with E-state index in [2.05, 4.69) is 13.8 Å². The number of carbonyl (C=O) groups excluding carboxylic acids is 1. The molecular weight excluding hydrogens is 402 g/mol. The molecule has 0 radical (unpaired) electrons. The first kappa shape index (κ1) is 21.9. The first-order chi connectivity index (χ1) is 15.5. The number of benzene rings is 2. The van der Waals surface area contributed by atoms with Gasteiger partial charge in [0.05, 0.1) is 30.6 Å². The molecule has 1 saturated carbocycles. The third-order valence-corrected chi connectivity index (χ3v) is 6.07. The highest BCUT2D eigenvalue weighted by molar-refractivity contribution is 5.81. The Morgan fingerprint density at radius 2 is 1.78 bits per heavy atom. The van der Waals surface area contributed by atoms with Crippen LogP contribution in [0.1, 0.15) is 44.4 Å². The first-order valence-electron chi connectivity index (χ1n) is 11.3. The molecule has 1 atom stereocenters. The topological polar surface area (TPSA) is 56.6 Å². The fraction of sp³-hybridized carbons (Fsp3) is 0.385. The Hall–Kier alpha value is -3.28. The standard InChI is InChI=1S/C26H31N3O3/c1-5-18(2)28(25(30)20-15-16-20)17-22-19(3)27-29(21-11-7-6-8-12-21)26(22)32-24-14-10-9-13-23(24)31-4/h6-14,18,20H,5,15-17H2,1-4H3. The van der Waals surface area contributed by atoms with Gasteiger partial charge in [0.2, 0.25) is 11.8 Å². The molecule has 3 aromatic rings. The fourth-order valence-corrected chi connectivity index (χ4v) is 3.78. The quantitative estimate of drug-likeness (QED) is 0.446. The van der Waals surface area contributed by atoms with Crippen LogP contribution in [-0.2, 0) is 11.3 Å². The van der Waals surface area contributed by atoms with Crippen molar-refractivity contribution >= 4 is 5.91 Å². The number of aryl methyl sites for hydroxylation is 1. The number of aromatic nitrogens is 2. The summed E-state index contributed by atoms with van der Waals surface area (Å²) in [7, 11) is 1.63. The normalized spacial score (nSPS) is 14.1. The van der Waals surface area contributed by atoms with Crippen LogP contribution in [-0.4, -0.2) is 33.7 Å². The Labute approximate surface area is 189 Å². The minimum atomic E-state index is 0.140. The van der Waals surface area contributed by atoms with Crippen molar-refractivity contribution in [2.24, 2.45) is 5.92 Å². The molecule has 1 unspecified atom stereocenters. The number of hydrogen-bond acceptors (Lipinski definition) is 4. The maximum atomic E-state index is 13.1. The van der Waals surface area contributed by atoms with E-state index in [0.29, 0.717) is 23.9 Å². The second-order valence-corrected chi connectivity index (χ2v) is 8.37. The SMILES string of the molecule is CCC(C)N(Cc1c(C)nn(-c2ccccc2)c1Oc1ccccc1OC)C(=O)C1CC1. The highest BCUT2D eigenvalue weighted by Crippen LogP contribution is 2.38. The highest BCUT2D eigenvalue weighted by Gasteiger charge is 2.36. The Bertz CT molecular complexity index is 1070. The van der Waals surface area contributed by atoms with E-state index < -0.39 is 0 Å². The molecule has 1 amide bonds. The zero-order valence-electron chi connectivity index (χ0n) is 19.2. The van der Waals surface area contributed by atoms with E-state index in [9.17, 15) is 4.79 Å². The third-order valence-electron chi connectivity index (χ3n) is 6.07. The minimum absolute atomic E-state index is 0.140. The second-order valence-electron chi connectivity index (χ2n) is 8.37. The number of amides is 1. The molecule has 1 aliphatic carbocycles. The van der Waals surface area contributed by atoms with E-state index in [1.54, 1.807) is 7.11 Å². The van der Waals surface area contributed by atoms with Crippen LogP contribution < -0.4 is 9.47 Å². The molecule has 32 heavy (non-hydrogen) atoms. The average molecular weight is 434 g/mol. The van der Waals surface area contributed by atoms with Crippen molar-refractivity contribution < 1.29 is 14.3 Å². The van der Waals surface area contributed by atoms with Crippen molar-refractivity contribution in [3.63, 3.8) is 0 Å².